The number of nitrogens with zero attached hydrogens (tertiary/aromatic N) is 4. The molecule has 0 bridgehead atoms. The summed E-state index contributed by atoms with van der Waals surface area (Å²) in [4.78, 5) is 32.1. The van der Waals surface area contributed by atoms with E-state index >= 15 is 0 Å². The van der Waals surface area contributed by atoms with Gasteiger partial charge >= 0.3 is 5.97 Å². The number of carboxylic acids is 1. The number of imidazole rings is 1. The second-order valence-electron chi connectivity index (χ2n) is 7.07. The van der Waals surface area contributed by atoms with Crippen LogP contribution in [0.15, 0.2) is 12.4 Å². The molecule has 7 heteroatoms. The highest BCUT2D eigenvalue weighted by Gasteiger charge is 2.27. The number of aliphatic carboxylic acids is 1. The third-order valence-corrected chi connectivity index (χ3v) is 5.39. The van der Waals surface area contributed by atoms with Gasteiger partial charge in [0, 0.05) is 44.4 Å². The normalized spacial score (nSPS) is 19.9. The average Bonchev–Trinajstić information content (AvgIpc) is 3.07. The number of hydrogen-bond acceptors (Lipinski definition) is 4. The molecule has 3 rings (SSSR count). The van der Waals surface area contributed by atoms with Crippen LogP contribution in [0.2, 0.25) is 0 Å². The highest BCUT2D eigenvalue weighted by atomic mass is 16.4. The Balaban J connectivity index is 1.43. The van der Waals surface area contributed by atoms with E-state index < -0.39 is 5.97 Å². The number of rotatable bonds is 6. The van der Waals surface area contributed by atoms with Crippen molar-refractivity contribution in [2.75, 3.05) is 26.2 Å². The Bertz CT molecular complexity index is 587. The molecule has 3 heterocycles. The van der Waals surface area contributed by atoms with Crippen LogP contribution in [0, 0.1) is 0 Å². The number of aryl methyl sites for hydroxylation is 1. The quantitative estimate of drug-likeness (QED) is 0.840. The fourth-order valence-corrected chi connectivity index (χ4v) is 4.00. The number of hydrogen-bond donors (Lipinski definition) is 1. The van der Waals surface area contributed by atoms with Crippen LogP contribution in [0.3, 0.4) is 0 Å². The van der Waals surface area contributed by atoms with Gasteiger partial charge in [-0.3, -0.25) is 9.59 Å². The standard InChI is InChI=1S/C18H28N4O3/c23-17(5-4-16-19-8-13-22(16)14-18(24)25)21-11-6-15(7-12-21)20-9-2-1-3-10-20/h8,13,15H,1-7,9-12,14H2,(H,24,25). The molecule has 0 spiro atoms. The maximum Gasteiger partial charge on any atom is 0.323 e. The maximum atomic E-state index is 12.5. The fourth-order valence-electron chi connectivity index (χ4n) is 4.00. The van der Waals surface area contributed by atoms with E-state index in [-0.39, 0.29) is 12.5 Å². The number of amides is 1. The third kappa shape index (κ3) is 4.81. The second-order valence-corrected chi connectivity index (χ2v) is 7.07. The van der Waals surface area contributed by atoms with Crippen LogP contribution in [0.4, 0.5) is 0 Å². The van der Waals surface area contributed by atoms with Crippen LogP contribution in [-0.2, 0) is 22.6 Å². The largest absolute Gasteiger partial charge is 0.480 e. The van der Waals surface area contributed by atoms with E-state index in [0.717, 1.165) is 25.9 Å². The summed E-state index contributed by atoms with van der Waals surface area (Å²) in [6.07, 6.45) is 10.2. The summed E-state index contributed by atoms with van der Waals surface area (Å²) >= 11 is 0. The molecule has 1 amide bonds. The maximum absolute atomic E-state index is 12.5. The predicted molar refractivity (Wildman–Crippen MR) is 93.2 cm³/mol. The van der Waals surface area contributed by atoms with Crippen molar-refractivity contribution in [2.45, 2.75) is 57.5 Å². The van der Waals surface area contributed by atoms with Crippen molar-refractivity contribution in [3.8, 4) is 0 Å². The van der Waals surface area contributed by atoms with E-state index in [1.165, 1.54) is 32.4 Å². The van der Waals surface area contributed by atoms with E-state index in [9.17, 15) is 9.59 Å². The summed E-state index contributed by atoms with van der Waals surface area (Å²) in [5.41, 5.74) is 0. The minimum atomic E-state index is -0.898. The zero-order valence-corrected chi connectivity index (χ0v) is 14.8. The third-order valence-electron chi connectivity index (χ3n) is 5.39. The number of piperidine rings is 2. The second kappa shape index (κ2) is 8.47. The highest BCUT2D eigenvalue weighted by molar-refractivity contribution is 5.76. The van der Waals surface area contributed by atoms with Crippen molar-refractivity contribution in [3.05, 3.63) is 18.2 Å². The molecule has 1 aromatic rings. The Kier molecular flexibility index (Phi) is 6.07. The van der Waals surface area contributed by atoms with Crippen molar-refractivity contribution < 1.29 is 14.7 Å². The van der Waals surface area contributed by atoms with Crippen LogP contribution >= 0.6 is 0 Å². The van der Waals surface area contributed by atoms with Crippen molar-refractivity contribution in [1.29, 1.82) is 0 Å². The Morgan fingerprint density at radius 2 is 1.84 bits per heavy atom. The fraction of sp³-hybridized carbons (Fsp3) is 0.722. The van der Waals surface area contributed by atoms with Crippen molar-refractivity contribution in [2.24, 2.45) is 0 Å². The molecule has 0 atom stereocenters. The summed E-state index contributed by atoms with van der Waals surface area (Å²) in [5, 5.41) is 8.90. The first kappa shape index (κ1) is 17.9. The molecule has 7 nitrogen and oxygen atoms in total. The van der Waals surface area contributed by atoms with Crippen molar-refractivity contribution in [1.82, 2.24) is 19.4 Å². The Morgan fingerprint density at radius 3 is 2.52 bits per heavy atom. The SMILES string of the molecule is O=C(O)Cn1ccnc1CCC(=O)N1CCC(N2CCCCC2)CC1. The van der Waals surface area contributed by atoms with E-state index in [1.807, 2.05) is 4.90 Å². The lowest BCUT2D eigenvalue weighted by Gasteiger charge is -2.40. The number of aromatic nitrogens is 2. The van der Waals surface area contributed by atoms with Gasteiger partial charge in [-0.2, -0.15) is 0 Å². The van der Waals surface area contributed by atoms with Gasteiger partial charge in [-0.25, -0.2) is 4.98 Å². The van der Waals surface area contributed by atoms with Gasteiger partial charge in [0.15, 0.2) is 0 Å². The van der Waals surface area contributed by atoms with Crippen molar-refractivity contribution in [3.63, 3.8) is 0 Å². The Hall–Kier alpha value is -1.89. The molecule has 2 aliphatic heterocycles. The monoisotopic (exact) mass is 348 g/mol. The van der Waals surface area contributed by atoms with Crippen LogP contribution in [0.1, 0.15) is 44.3 Å². The molecule has 1 N–H and O–H groups in total. The van der Waals surface area contributed by atoms with Crippen LogP contribution < -0.4 is 0 Å². The minimum absolute atomic E-state index is 0.106. The first-order valence-electron chi connectivity index (χ1n) is 9.37. The molecule has 2 saturated heterocycles. The Labute approximate surface area is 148 Å². The topological polar surface area (TPSA) is 78.7 Å². The molecule has 138 valence electrons. The lowest BCUT2D eigenvalue weighted by atomic mass is 9.99. The molecule has 2 aliphatic rings. The predicted octanol–water partition coefficient (Wildman–Crippen LogP) is 1.38. The van der Waals surface area contributed by atoms with Crippen molar-refractivity contribution >= 4 is 11.9 Å². The molecule has 0 saturated carbocycles. The Morgan fingerprint density at radius 1 is 1.12 bits per heavy atom. The van der Waals surface area contributed by atoms with Gasteiger partial charge in [0.1, 0.15) is 12.4 Å². The highest BCUT2D eigenvalue weighted by Crippen LogP contribution is 2.21. The van der Waals surface area contributed by atoms with Crippen LogP contribution in [-0.4, -0.2) is 68.6 Å². The van der Waals surface area contributed by atoms with Gasteiger partial charge in [-0.05, 0) is 38.8 Å². The molecule has 25 heavy (non-hydrogen) atoms. The van der Waals surface area contributed by atoms with E-state index in [2.05, 4.69) is 9.88 Å². The van der Waals surface area contributed by atoms with E-state index in [0.29, 0.717) is 24.7 Å². The lowest BCUT2D eigenvalue weighted by Crippen LogP contribution is -2.48. The van der Waals surface area contributed by atoms with E-state index in [1.54, 1.807) is 17.0 Å². The molecule has 0 aromatic carbocycles. The molecule has 1 aromatic heterocycles. The van der Waals surface area contributed by atoms with Gasteiger partial charge < -0.3 is 19.5 Å². The lowest BCUT2D eigenvalue weighted by molar-refractivity contribution is -0.137. The zero-order valence-electron chi connectivity index (χ0n) is 14.8. The zero-order chi connectivity index (χ0) is 17.6. The number of carbonyl (C=O) groups excluding carboxylic acids is 1. The van der Waals surface area contributed by atoms with Gasteiger partial charge in [0.25, 0.3) is 0 Å². The number of carbonyl (C=O) groups is 2. The number of carboxylic acid groups (broad SMARTS) is 1. The van der Waals surface area contributed by atoms with Crippen LogP contribution in [0.5, 0.6) is 0 Å². The molecule has 0 aliphatic carbocycles. The smallest absolute Gasteiger partial charge is 0.323 e. The molecular weight excluding hydrogens is 320 g/mol. The van der Waals surface area contributed by atoms with E-state index in [4.69, 9.17) is 5.11 Å². The molecule has 0 unspecified atom stereocenters. The molecule has 0 radical (unpaired) electrons. The number of likely N-dealkylation sites (tertiary alicyclic amines) is 2. The summed E-state index contributed by atoms with van der Waals surface area (Å²) in [6.45, 7) is 3.99. The summed E-state index contributed by atoms with van der Waals surface area (Å²) < 4.78 is 1.60. The minimum Gasteiger partial charge on any atom is -0.480 e. The first-order chi connectivity index (χ1) is 12.1. The summed E-state index contributed by atoms with van der Waals surface area (Å²) in [5.74, 6) is -0.0775. The van der Waals surface area contributed by atoms with Crippen LogP contribution in [0.25, 0.3) is 0 Å². The molecular formula is C18H28N4O3. The van der Waals surface area contributed by atoms with Gasteiger partial charge in [-0.1, -0.05) is 6.42 Å². The average molecular weight is 348 g/mol. The van der Waals surface area contributed by atoms with Gasteiger partial charge in [-0.15, -0.1) is 0 Å². The summed E-state index contributed by atoms with van der Waals surface area (Å²) in [7, 11) is 0. The first-order valence-corrected chi connectivity index (χ1v) is 9.37. The summed E-state index contributed by atoms with van der Waals surface area (Å²) in [6, 6.07) is 0.638. The molecule has 2 fully saturated rings. The van der Waals surface area contributed by atoms with Gasteiger partial charge in [0.05, 0.1) is 0 Å². The van der Waals surface area contributed by atoms with Gasteiger partial charge in [0.2, 0.25) is 5.91 Å².